The monoisotopic (exact) mass is 315 g/mol. The third-order valence-electron chi connectivity index (χ3n) is 4.27. The molecule has 0 unspecified atom stereocenters. The summed E-state index contributed by atoms with van der Waals surface area (Å²) in [6.07, 6.45) is 7.95. The van der Waals surface area contributed by atoms with Crippen LogP contribution >= 0.6 is 11.8 Å². The summed E-state index contributed by atoms with van der Waals surface area (Å²) in [5.41, 5.74) is 0.815. The van der Waals surface area contributed by atoms with E-state index in [-0.39, 0.29) is 5.91 Å². The number of piperidine rings is 1. The number of carbonyl (C=O) groups is 1. The molecule has 0 spiro atoms. The lowest BCUT2D eigenvalue weighted by Gasteiger charge is -2.32. The lowest BCUT2D eigenvalue weighted by Crippen LogP contribution is -2.39. The van der Waals surface area contributed by atoms with E-state index >= 15 is 0 Å². The number of aryl methyl sites for hydroxylation is 1. The van der Waals surface area contributed by atoms with Crippen LogP contribution in [-0.4, -0.2) is 39.7 Å². The van der Waals surface area contributed by atoms with Crippen LogP contribution in [0, 0.1) is 0 Å². The van der Waals surface area contributed by atoms with Gasteiger partial charge < -0.3 is 9.47 Å². The summed E-state index contributed by atoms with van der Waals surface area (Å²) in [5, 5.41) is 0. The van der Waals surface area contributed by atoms with Gasteiger partial charge in [0.1, 0.15) is 5.82 Å². The fraction of sp³-hybridized carbons (Fsp3) is 0.412. The van der Waals surface area contributed by atoms with Crippen molar-refractivity contribution < 1.29 is 4.79 Å². The molecule has 1 aromatic carbocycles. The number of nitrogens with zero attached hydrogens (tertiary/aromatic N) is 3. The summed E-state index contributed by atoms with van der Waals surface area (Å²) in [6.45, 7) is 1.59. The third-order valence-corrected chi connectivity index (χ3v) is 5.07. The van der Waals surface area contributed by atoms with Crippen LogP contribution in [0.1, 0.15) is 34.9 Å². The molecule has 2 heterocycles. The van der Waals surface area contributed by atoms with Crippen molar-refractivity contribution in [2.45, 2.75) is 23.7 Å². The molecule has 1 atom stereocenters. The Labute approximate surface area is 135 Å². The fourth-order valence-corrected chi connectivity index (χ4v) is 3.72. The van der Waals surface area contributed by atoms with Gasteiger partial charge >= 0.3 is 0 Å². The molecule has 5 heteroatoms. The highest BCUT2D eigenvalue weighted by molar-refractivity contribution is 7.98. The van der Waals surface area contributed by atoms with E-state index in [9.17, 15) is 4.79 Å². The Morgan fingerprint density at radius 1 is 1.36 bits per heavy atom. The van der Waals surface area contributed by atoms with E-state index in [0.717, 1.165) is 42.2 Å². The Kier molecular flexibility index (Phi) is 4.52. The van der Waals surface area contributed by atoms with Crippen molar-refractivity contribution in [1.82, 2.24) is 14.5 Å². The number of carbonyl (C=O) groups excluding carboxylic acids is 1. The number of imidazole rings is 1. The predicted octanol–water partition coefficient (Wildman–Crippen LogP) is 3.16. The van der Waals surface area contributed by atoms with E-state index in [1.54, 1.807) is 11.8 Å². The highest BCUT2D eigenvalue weighted by Crippen LogP contribution is 2.28. The van der Waals surface area contributed by atoms with Gasteiger partial charge in [0, 0.05) is 43.3 Å². The minimum absolute atomic E-state index is 0.142. The van der Waals surface area contributed by atoms with Crippen molar-refractivity contribution in [2.24, 2.45) is 7.05 Å². The molecule has 0 radical (unpaired) electrons. The summed E-state index contributed by atoms with van der Waals surface area (Å²) in [6, 6.07) is 7.86. The fourth-order valence-electron chi connectivity index (χ4n) is 3.13. The molecule has 1 saturated heterocycles. The van der Waals surface area contributed by atoms with Crippen molar-refractivity contribution in [3.63, 3.8) is 0 Å². The second-order valence-corrected chi connectivity index (χ2v) is 6.54. The van der Waals surface area contributed by atoms with Gasteiger partial charge in [-0.3, -0.25) is 4.79 Å². The lowest BCUT2D eigenvalue weighted by atomic mass is 9.96. The Morgan fingerprint density at radius 3 is 2.91 bits per heavy atom. The molecule has 2 aromatic rings. The summed E-state index contributed by atoms with van der Waals surface area (Å²) < 4.78 is 2.06. The summed E-state index contributed by atoms with van der Waals surface area (Å²) in [4.78, 5) is 20.4. The zero-order chi connectivity index (χ0) is 15.5. The Hall–Kier alpha value is -1.75. The molecular formula is C17H21N3OS. The van der Waals surface area contributed by atoms with Gasteiger partial charge in [-0.1, -0.05) is 12.1 Å². The van der Waals surface area contributed by atoms with E-state index in [0.29, 0.717) is 5.92 Å². The molecule has 3 rings (SSSR count). The Bertz CT molecular complexity index is 667. The average Bonchev–Trinajstić information content (AvgIpc) is 3.00. The number of hydrogen-bond donors (Lipinski definition) is 0. The number of amides is 1. The molecule has 1 aromatic heterocycles. The Balaban J connectivity index is 1.80. The second kappa shape index (κ2) is 6.57. The largest absolute Gasteiger partial charge is 0.338 e. The smallest absolute Gasteiger partial charge is 0.255 e. The molecule has 0 saturated carbocycles. The highest BCUT2D eigenvalue weighted by Gasteiger charge is 2.28. The number of likely N-dealkylation sites (tertiary alicyclic amines) is 1. The van der Waals surface area contributed by atoms with Crippen LogP contribution in [0.25, 0.3) is 0 Å². The molecule has 1 amide bonds. The predicted molar refractivity (Wildman–Crippen MR) is 89.3 cm³/mol. The van der Waals surface area contributed by atoms with Gasteiger partial charge in [-0.25, -0.2) is 4.98 Å². The van der Waals surface area contributed by atoms with Crippen LogP contribution in [0.5, 0.6) is 0 Å². The molecule has 0 N–H and O–H groups in total. The highest BCUT2D eigenvalue weighted by atomic mass is 32.2. The molecule has 1 aliphatic heterocycles. The molecule has 22 heavy (non-hydrogen) atoms. The topological polar surface area (TPSA) is 38.1 Å². The summed E-state index contributed by atoms with van der Waals surface area (Å²) >= 11 is 1.62. The quantitative estimate of drug-likeness (QED) is 0.817. The average molecular weight is 315 g/mol. The van der Waals surface area contributed by atoms with Gasteiger partial charge in [0.05, 0.1) is 5.56 Å². The first-order valence-corrected chi connectivity index (χ1v) is 8.82. The minimum Gasteiger partial charge on any atom is -0.338 e. The second-order valence-electron chi connectivity index (χ2n) is 5.69. The molecule has 0 aliphatic carbocycles. The number of thioether (sulfide) groups is 1. The van der Waals surface area contributed by atoms with E-state index in [2.05, 4.69) is 9.55 Å². The maximum atomic E-state index is 12.9. The van der Waals surface area contributed by atoms with Gasteiger partial charge in [-0.2, -0.15) is 0 Å². The van der Waals surface area contributed by atoms with Crippen LogP contribution in [-0.2, 0) is 7.05 Å². The first-order chi connectivity index (χ1) is 10.7. The van der Waals surface area contributed by atoms with E-state index in [1.165, 1.54) is 0 Å². The van der Waals surface area contributed by atoms with Crippen LogP contribution in [0.4, 0.5) is 0 Å². The van der Waals surface area contributed by atoms with Crippen molar-refractivity contribution in [1.29, 1.82) is 0 Å². The van der Waals surface area contributed by atoms with Gasteiger partial charge in [0.15, 0.2) is 0 Å². The van der Waals surface area contributed by atoms with Crippen LogP contribution in [0.3, 0.4) is 0 Å². The Morgan fingerprint density at radius 2 is 2.18 bits per heavy atom. The maximum absolute atomic E-state index is 12.9. The number of rotatable bonds is 3. The molecular weight excluding hydrogens is 294 g/mol. The zero-order valence-corrected chi connectivity index (χ0v) is 13.8. The molecule has 116 valence electrons. The molecule has 4 nitrogen and oxygen atoms in total. The van der Waals surface area contributed by atoms with Crippen molar-refractivity contribution in [3.8, 4) is 0 Å². The number of aromatic nitrogens is 2. The van der Waals surface area contributed by atoms with Gasteiger partial charge in [-0.15, -0.1) is 11.8 Å². The van der Waals surface area contributed by atoms with E-state index in [4.69, 9.17) is 0 Å². The summed E-state index contributed by atoms with van der Waals surface area (Å²) in [7, 11) is 2.02. The van der Waals surface area contributed by atoms with E-state index in [1.807, 2.05) is 54.9 Å². The standard InChI is InChI=1S/C17H21N3OS/c1-19-11-9-18-16(19)13-6-5-10-20(12-13)17(21)14-7-3-4-8-15(14)22-2/h3-4,7-9,11,13H,5-6,10,12H2,1-2H3/t13-/m0/s1. The molecule has 0 bridgehead atoms. The third kappa shape index (κ3) is 2.90. The number of hydrogen-bond acceptors (Lipinski definition) is 3. The van der Waals surface area contributed by atoms with Crippen LogP contribution < -0.4 is 0 Å². The van der Waals surface area contributed by atoms with Gasteiger partial charge in [-0.05, 0) is 31.2 Å². The molecule has 1 aliphatic rings. The van der Waals surface area contributed by atoms with Crippen LogP contribution in [0.15, 0.2) is 41.6 Å². The summed E-state index contributed by atoms with van der Waals surface area (Å²) in [5.74, 6) is 1.55. The normalized spacial score (nSPS) is 18.5. The van der Waals surface area contributed by atoms with Gasteiger partial charge in [0.2, 0.25) is 0 Å². The van der Waals surface area contributed by atoms with Crippen molar-refractivity contribution in [3.05, 3.63) is 48.0 Å². The van der Waals surface area contributed by atoms with Crippen LogP contribution in [0.2, 0.25) is 0 Å². The SMILES string of the molecule is CSc1ccccc1C(=O)N1CCC[C@H](c2nccn2C)C1. The maximum Gasteiger partial charge on any atom is 0.255 e. The van der Waals surface area contributed by atoms with Crippen molar-refractivity contribution in [2.75, 3.05) is 19.3 Å². The van der Waals surface area contributed by atoms with Gasteiger partial charge in [0.25, 0.3) is 5.91 Å². The van der Waals surface area contributed by atoms with E-state index < -0.39 is 0 Å². The molecule has 1 fully saturated rings. The minimum atomic E-state index is 0.142. The first-order valence-electron chi connectivity index (χ1n) is 7.60. The first kappa shape index (κ1) is 15.2. The zero-order valence-electron chi connectivity index (χ0n) is 13.0. The lowest BCUT2D eigenvalue weighted by molar-refractivity contribution is 0.0700. The van der Waals surface area contributed by atoms with Crippen molar-refractivity contribution >= 4 is 17.7 Å². The number of benzene rings is 1.